The fraction of sp³-hybridized carbons (Fsp3) is 0.533. The fourth-order valence-electron chi connectivity index (χ4n) is 2.23. The van der Waals surface area contributed by atoms with Crippen molar-refractivity contribution in [3.05, 3.63) is 33.8 Å². The van der Waals surface area contributed by atoms with Gasteiger partial charge in [-0.15, -0.1) is 0 Å². The quantitative estimate of drug-likeness (QED) is 0.730. The lowest BCUT2D eigenvalue weighted by molar-refractivity contribution is -0.144. The number of benzene rings is 1. The van der Waals surface area contributed by atoms with E-state index in [2.05, 4.69) is 0 Å². The third-order valence-corrected chi connectivity index (χ3v) is 4.18. The average molecular weight is 303 g/mol. The van der Waals surface area contributed by atoms with E-state index >= 15 is 0 Å². The predicted molar refractivity (Wildman–Crippen MR) is 80.1 cm³/mol. The van der Waals surface area contributed by atoms with Gasteiger partial charge in [-0.1, -0.05) is 43.1 Å². The van der Waals surface area contributed by atoms with Crippen molar-refractivity contribution in [2.75, 3.05) is 6.61 Å². The summed E-state index contributed by atoms with van der Waals surface area (Å²) in [7, 11) is 0. The van der Waals surface area contributed by atoms with Crippen molar-refractivity contribution < 1.29 is 9.53 Å². The summed E-state index contributed by atoms with van der Waals surface area (Å²) in [5.74, 6) is 0.0364. The molecule has 19 heavy (non-hydrogen) atoms. The molecule has 106 valence electrons. The molecule has 0 radical (unpaired) electrons. The number of hydrogen-bond acceptors (Lipinski definition) is 2. The molecule has 0 aliphatic carbocycles. The Labute approximate surface area is 125 Å². The SMILES string of the molecule is CCOC(CC)(CC)C(=O)Cc1c(Cl)cccc1Cl. The number of Topliss-reactive ketones (excluding diaryl/α,β-unsaturated/α-hetero) is 1. The van der Waals surface area contributed by atoms with Crippen LogP contribution in [0.4, 0.5) is 0 Å². The Morgan fingerprint density at radius 3 is 2.11 bits per heavy atom. The minimum absolute atomic E-state index is 0.0364. The summed E-state index contributed by atoms with van der Waals surface area (Å²) in [5, 5.41) is 1.05. The van der Waals surface area contributed by atoms with Crippen LogP contribution in [0.2, 0.25) is 10.0 Å². The van der Waals surface area contributed by atoms with Crippen LogP contribution in [-0.2, 0) is 16.0 Å². The van der Waals surface area contributed by atoms with Crippen molar-refractivity contribution in [3.63, 3.8) is 0 Å². The van der Waals surface area contributed by atoms with Gasteiger partial charge in [-0.3, -0.25) is 4.79 Å². The van der Waals surface area contributed by atoms with E-state index in [-0.39, 0.29) is 12.2 Å². The second kappa shape index (κ2) is 7.28. The van der Waals surface area contributed by atoms with Crippen molar-refractivity contribution >= 4 is 29.0 Å². The Kier molecular flexibility index (Phi) is 6.31. The molecule has 0 unspecified atom stereocenters. The van der Waals surface area contributed by atoms with Gasteiger partial charge in [0.2, 0.25) is 0 Å². The maximum Gasteiger partial charge on any atom is 0.169 e. The minimum Gasteiger partial charge on any atom is -0.368 e. The van der Waals surface area contributed by atoms with Gasteiger partial charge in [0.25, 0.3) is 0 Å². The first-order chi connectivity index (χ1) is 9.00. The minimum atomic E-state index is -0.725. The molecule has 0 aliphatic heterocycles. The number of hydrogen-bond donors (Lipinski definition) is 0. The molecule has 0 aromatic heterocycles. The molecule has 0 fully saturated rings. The van der Waals surface area contributed by atoms with Crippen molar-refractivity contribution in [3.8, 4) is 0 Å². The van der Waals surface area contributed by atoms with Crippen LogP contribution in [0.25, 0.3) is 0 Å². The predicted octanol–water partition coefficient (Wildman–Crippen LogP) is 4.70. The smallest absolute Gasteiger partial charge is 0.169 e. The second-order valence-electron chi connectivity index (χ2n) is 4.43. The van der Waals surface area contributed by atoms with Gasteiger partial charge in [-0.25, -0.2) is 0 Å². The lowest BCUT2D eigenvalue weighted by Crippen LogP contribution is -2.41. The summed E-state index contributed by atoms with van der Waals surface area (Å²) in [6, 6.07) is 5.26. The molecule has 1 rings (SSSR count). The summed E-state index contributed by atoms with van der Waals surface area (Å²) in [4.78, 5) is 12.5. The monoisotopic (exact) mass is 302 g/mol. The van der Waals surface area contributed by atoms with Crippen LogP contribution in [0.5, 0.6) is 0 Å². The van der Waals surface area contributed by atoms with Crippen molar-refractivity contribution in [2.24, 2.45) is 0 Å². The molecule has 0 heterocycles. The van der Waals surface area contributed by atoms with Crippen LogP contribution in [-0.4, -0.2) is 18.0 Å². The van der Waals surface area contributed by atoms with Crippen molar-refractivity contribution in [1.29, 1.82) is 0 Å². The van der Waals surface area contributed by atoms with E-state index < -0.39 is 5.60 Å². The van der Waals surface area contributed by atoms with E-state index in [1.807, 2.05) is 20.8 Å². The van der Waals surface area contributed by atoms with E-state index in [4.69, 9.17) is 27.9 Å². The highest BCUT2D eigenvalue weighted by Crippen LogP contribution is 2.29. The molecule has 0 amide bonds. The zero-order valence-electron chi connectivity index (χ0n) is 11.6. The lowest BCUT2D eigenvalue weighted by atomic mass is 9.88. The van der Waals surface area contributed by atoms with E-state index in [1.54, 1.807) is 18.2 Å². The maximum absolute atomic E-state index is 12.5. The van der Waals surface area contributed by atoms with Crippen LogP contribution in [0.1, 0.15) is 39.2 Å². The number of carbonyl (C=O) groups excluding carboxylic acids is 1. The summed E-state index contributed by atoms with van der Waals surface area (Å²) < 4.78 is 5.71. The van der Waals surface area contributed by atoms with Crippen LogP contribution in [0.15, 0.2) is 18.2 Å². The van der Waals surface area contributed by atoms with Gasteiger partial charge < -0.3 is 4.74 Å². The number of ketones is 1. The third-order valence-electron chi connectivity index (χ3n) is 3.47. The van der Waals surface area contributed by atoms with Gasteiger partial charge in [0.15, 0.2) is 5.78 Å². The summed E-state index contributed by atoms with van der Waals surface area (Å²) in [5.41, 5.74) is -0.0427. The standard InChI is InChI=1S/C15H20Cl2O2/c1-4-15(5-2,19-6-3)14(18)10-11-12(16)8-7-9-13(11)17/h7-9H,4-6,10H2,1-3H3. The van der Waals surface area contributed by atoms with E-state index in [1.165, 1.54) is 0 Å². The average Bonchev–Trinajstić information content (AvgIpc) is 2.40. The zero-order chi connectivity index (χ0) is 14.5. The summed E-state index contributed by atoms with van der Waals surface area (Å²) in [6.07, 6.45) is 1.51. The van der Waals surface area contributed by atoms with Gasteiger partial charge >= 0.3 is 0 Å². The van der Waals surface area contributed by atoms with Gasteiger partial charge in [0.1, 0.15) is 5.60 Å². The zero-order valence-corrected chi connectivity index (χ0v) is 13.1. The van der Waals surface area contributed by atoms with Crippen LogP contribution in [0, 0.1) is 0 Å². The molecule has 0 saturated heterocycles. The van der Waals surface area contributed by atoms with Crippen LogP contribution in [0.3, 0.4) is 0 Å². The molecule has 4 heteroatoms. The van der Waals surface area contributed by atoms with E-state index in [9.17, 15) is 4.79 Å². The molecule has 0 aliphatic rings. The Hall–Kier alpha value is -0.570. The molecule has 1 aromatic carbocycles. The lowest BCUT2D eigenvalue weighted by Gasteiger charge is -2.30. The Bertz CT molecular complexity index is 420. The maximum atomic E-state index is 12.5. The molecule has 0 spiro atoms. The van der Waals surface area contributed by atoms with Gasteiger partial charge in [0.05, 0.1) is 0 Å². The molecule has 0 bridgehead atoms. The Morgan fingerprint density at radius 2 is 1.68 bits per heavy atom. The van der Waals surface area contributed by atoms with Crippen LogP contribution < -0.4 is 0 Å². The topological polar surface area (TPSA) is 26.3 Å². The van der Waals surface area contributed by atoms with Crippen LogP contribution >= 0.6 is 23.2 Å². The van der Waals surface area contributed by atoms with E-state index in [0.717, 1.165) is 0 Å². The van der Waals surface area contributed by atoms with Crippen molar-refractivity contribution in [2.45, 2.75) is 45.6 Å². The highest BCUT2D eigenvalue weighted by molar-refractivity contribution is 6.36. The summed E-state index contributed by atoms with van der Waals surface area (Å²) in [6.45, 7) is 6.34. The first kappa shape index (κ1) is 16.5. The molecule has 0 N–H and O–H groups in total. The number of halogens is 2. The van der Waals surface area contributed by atoms with Gasteiger partial charge in [-0.05, 0) is 37.5 Å². The molecule has 1 aromatic rings. The van der Waals surface area contributed by atoms with Crippen molar-refractivity contribution in [1.82, 2.24) is 0 Å². The first-order valence-corrected chi connectivity index (χ1v) is 7.36. The second-order valence-corrected chi connectivity index (χ2v) is 5.25. The molecule has 2 nitrogen and oxygen atoms in total. The number of rotatable bonds is 7. The Morgan fingerprint density at radius 1 is 1.16 bits per heavy atom. The highest BCUT2D eigenvalue weighted by Gasteiger charge is 2.35. The summed E-state index contributed by atoms with van der Waals surface area (Å²) >= 11 is 12.2. The van der Waals surface area contributed by atoms with Gasteiger partial charge in [0, 0.05) is 23.1 Å². The first-order valence-electron chi connectivity index (χ1n) is 6.60. The largest absolute Gasteiger partial charge is 0.368 e. The molecular formula is C15H20Cl2O2. The Balaban J connectivity index is 3.00. The highest BCUT2D eigenvalue weighted by atomic mass is 35.5. The molecule has 0 atom stereocenters. The number of ether oxygens (including phenoxy) is 1. The van der Waals surface area contributed by atoms with E-state index in [0.29, 0.717) is 35.1 Å². The number of carbonyl (C=O) groups is 1. The molecular weight excluding hydrogens is 283 g/mol. The van der Waals surface area contributed by atoms with Gasteiger partial charge in [-0.2, -0.15) is 0 Å². The fourth-order valence-corrected chi connectivity index (χ4v) is 2.76. The normalized spacial score (nSPS) is 11.6. The third kappa shape index (κ3) is 3.71. The molecule has 0 saturated carbocycles.